The Kier molecular flexibility index (Phi) is 134. The smallest absolute Gasteiger partial charge is 0.220 e. The summed E-state index contributed by atoms with van der Waals surface area (Å²) in [5.74, 6) is 3.43. The van der Waals surface area contributed by atoms with Crippen LogP contribution in [0.15, 0.2) is 0 Å². The van der Waals surface area contributed by atoms with E-state index >= 15 is 0 Å². The quantitative estimate of drug-likeness (QED) is 0.113. The third-order valence-corrected chi connectivity index (χ3v) is 24.7. The second-order valence-electron chi connectivity index (χ2n) is 69.5. The van der Waals surface area contributed by atoms with Gasteiger partial charge in [0.2, 0.25) is 5.91 Å². The molecule has 0 aromatic heterocycles. The van der Waals surface area contributed by atoms with Gasteiger partial charge in [0.15, 0.2) is 0 Å². The van der Waals surface area contributed by atoms with Gasteiger partial charge in [-0.15, -0.1) is 0 Å². The average molecular weight is 2150 g/mol. The first kappa shape index (κ1) is 196. The summed E-state index contributed by atoms with van der Waals surface area (Å²) in [4.78, 5) is 24.0. The summed E-state index contributed by atoms with van der Waals surface area (Å²) in [6, 6.07) is 0. The second-order valence-corrected chi connectivity index (χ2v) is 69.5. The van der Waals surface area contributed by atoms with E-state index in [0.29, 0.717) is 129 Å². The van der Waals surface area contributed by atoms with Crippen molar-refractivity contribution in [3.8, 4) is 0 Å². The molecule has 150 heavy (non-hydrogen) atoms. The molecule has 0 aliphatic carbocycles. The molecule has 3 unspecified atom stereocenters. The summed E-state index contributed by atoms with van der Waals surface area (Å²) >= 11 is 0. The Morgan fingerprint density at radius 2 is 0.413 bits per heavy atom. The largest absolute Gasteiger partial charge is 0.396 e. The van der Waals surface area contributed by atoms with Gasteiger partial charge < -0.3 is 15.7 Å². The zero-order chi connectivity index (χ0) is 127. The summed E-state index contributed by atoms with van der Waals surface area (Å²) in [5.41, 5.74) is 15.2. The molecule has 0 aliphatic heterocycles. The summed E-state index contributed by atoms with van der Waals surface area (Å²) < 4.78 is 0. The zero-order valence-electron chi connectivity index (χ0n) is 124. The van der Waals surface area contributed by atoms with Gasteiger partial charge in [-0.1, -0.05) is 683 Å². The Labute approximate surface area is 969 Å². The number of nitrogens with two attached hydrogens (primary N) is 1. The Morgan fingerprint density at radius 3 is 0.473 bits per heavy atom. The van der Waals surface area contributed by atoms with E-state index in [1.165, 1.54) is 167 Å². The van der Waals surface area contributed by atoms with E-state index in [1.54, 1.807) is 0 Å². The molecule has 936 valence electrons. The van der Waals surface area contributed by atoms with Gasteiger partial charge in [0, 0.05) is 31.9 Å². The normalized spacial score (nSPS) is 12.7. The second kappa shape index (κ2) is 102. The van der Waals surface area contributed by atoms with Gasteiger partial charge >= 0.3 is 0 Å². The highest BCUT2D eigenvalue weighted by atomic mass is 16.3. The van der Waals surface area contributed by atoms with Crippen LogP contribution in [0.2, 0.25) is 0 Å². The van der Waals surface area contributed by atoms with Gasteiger partial charge in [-0.3, -0.25) is 9.59 Å². The fourth-order valence-electron chi connectivity index (χ4n) is 10.8. The Hall–Kier alpha value is -0.940. The lowest BCUT2D eigenvalue weighted by Crippen LogP contribution is -2.27. The molecule has 0 saturated heterocycles. The molecule has 0 heterocycles. The number of amides is 1. The highest BCUT2D eigenvalue weighted by Gasteiger charge is 2.24. The van der Waals surface area contributed by atoms with Crippen LogP contribution in [0.25, 0.3) is 0 Å². The fourth-order valence-corrected chi connectivity index (χ4v) is 10.8. The van der Waals surface area contributed by atoms with Crippen LogP contribution in [0.1, 0.15) is 773 Å². The maximum Gasteiger partial charge on any atom is 0.220 e. The number of unbranched alkanes of at least 4 members (excludes halogenated alkanes) is 3. The minimum Gasteiger partial charge on any atom is -0.396 e. The first-order chi connectivity index (χ1) is 65.3. The van der Waals surface area contributed by atoms with Gasteiger partial charge in [-0.2, -0.15) is 0 Å². The lowest BCUT2D eigenvalue weighted by Gasteiger charge is -2.23. The topological polar surface area (TPSA) is 83.6 Å². The summed E-state index contributed by atoms with van der Waals surface area (Å²) in [6.45, 7) is 185. The lowest BCUT2D eigenvalue weighted by atomic mass is 9.82. The van der Waals surface area contributed by atoms with Crippen LogP contribution < -0.4 is 5.73 Å². The number of Topliss-reactive ketones (excluding diaryl/α,β-unsaturated/α-hetero) is 1. The highest BCUT2D eigenvalue weighted by molar-refractivity contribution is 5.78. The number of rotatable bonds is 22. The zero-order valence-corrected chi connectivity index (χ0v) is 124. The Bertz CT molecular complexity index is 2370. The maximum absolute atomic E-state index is 11.0. The molecule has 1 amide bonds. The van der Waals surface area contributed by atoms with Crippen molar-refractivity contribution in [2.24, 2.45) is 144 Å². The molecule has 0 radical (unpaired) electrons. The average Bonchev–Trinajstić information content (AvgIpc) is 0.905. The molecular weight excluding hydrogens is 1820 g/mol. The van der Waals surface area contributed by atoms with Crippen LogP contribution >= 0.6 is 0 Å². The van der Waals surface area contributed by atoms with Crippen molar-refractivity contribution in [3.05, 3.63) is 0 Å². The number of ketones is 1. The third kappa shape index (κ3) is 320. The summed E-state index contributed by atoms with van der Waals surface area (Å²) in [6.07, 6.45) is 39.5. The molecule has 3 N–H and O–H groups in total. The first-order valence-electron chi connectivity index (χ1n) is 63.4. The molecule has 0 saturated carbocycles. The van der Waals surface area contributed by atoms with Crippen LogP contribution in [-0.4, -0.2) is 48.9 Å². The van der Waals surface area contributed by atoms with E-state index in [1.807, 2.05) is 6.92 Å². The molecule has 0 spiro atoms. The Morgan fingerprint density at radius 1 is 0.233 bits per heavy atom. The standard InChI is InChI=1S/C10H21NO.C9H20O.C9H20.C8H16O.3C8H18.C7H17N.6C7H16.6C6H14/c1-5-6-8(9(11)12)7-10(2,3)4;1-8(5-6-10)7-9(2,3)4;1-6-8(2)7-9(3,4)5;1-5-7(9)6-8(2,3)4;3*1-5-6-7-8(2,3)4;1-7(2,3)6-8(4)5;2*1-6(2)7(3,4)5;4*1-5-6-7(2,3)4;6*1-5-6(2,3)4/h8H,5-7H2,1-4H3,(H2,11,12);8,10H,5-7H2,1-4H3;8H,6-7H2,1-5H3;5-6H2,1-4H3;3*5-7H2,1-4H3;6H2,1-5H3;2*6H,1-5H3;4*5-6H2,1-4H3;6*5H2,1-4H3. The maximum atomic E-state index is 11.0. The van der Waals surface area contributed by atoms with E-state index in [9.17, 15) is 9.59 Å². The molecule has 0 fully saturated rings. The lowest BCUT2D eigenvalue weighted by molar-refractivity contribution is -0.123. The van der Waals surface area contributed by atoms with Crippen LogP contribution in [0.3, 0.4) is 0 Å². The van der Waals surface area contributed by atoms with Crippen LogP contribution in [0, 0.1) is 138 Å². The minimum absolute atomic E-state index is 0.0648. The molecule has 3 atom stereocenters. The summed E-state index contributed by atoms with van der Waals surface area (Å²) in [7, 11) is 4.20. The van der Waals surface area contributed by atoms with Crippen molar-refractivity contribution < 1.29 is 14.7 Å². The molecule has 5 heteroatoms. The van der Waals surface area contributed by atoms with Crippen LogP contribution in [-0.2, 0) is 9.59 Å². The number of primary amides is 1. The van der Waals surface area contributed by atoms with Gasteiger partial charge in [0.1, 0.15) is 5.78 Å². The highest BCUT2D eigenvalue weighted by Crippen LogP contribution is 2.33. The number of aliphatic hydroxyl groups is 1. The number of hydrogen-bond donors (Lipinski definition) is 2. The van der Waals surface area contributed by atoms with Crippen molar-refractivity contribution in [1.29, 1.82) is 0 Å². The van der Waals surface area contributed by atoms with Crippen molar-refractivity contribution >= 4 is 11.7 Å². The third-order valence-electron chi connectivity index (χ3n) is 24.7. The van der Waals surface area contributed by atoms with E-state index in [0.717, 1.165) is 50.0 Å². The van der Waals surface area contributed by atoms with Crippen molar-refractivity contribution in [2.75, 3.05) is 27.2 Å². The monoisotopic (exact) mass is 2150 g/mol. The summed E-state index contributed by atoms with van der Waals surface area (Å²) in [5, 5.41) is 8.63. The fraction of sp³-hybridized carbons (Fsp3) is 0.986. The van der Waals surface area contributed by atoms with E-state index in [-0.39, 0.29) is 22.7 Å². The van der Waals surface area contributed by atoms with E-state index < -0.39 is 0 Å². The predicted molar refractivity (Wildman–Crippen MR) is 719 cm³/mol. The number of nitrogens with zero attached hydrogens (tertiary/aromatic N) is 1. The number of hydrogen-bond acceptors (Lipinski definition) is 4. The Balaban J connectivity index is -0.0000000661. The molecule has 0 rings (SSSR count). The van der Waals surface area contributed by atoms with Gasteiger partial charge in [0.25, 0.3) is 0 Å². The molecule has 0 aromatic carbocycles. The van der Waals surface area contributed by atoms with Crippen molar-refractivity contribution in [1.82, 2.24) is 4.90 Å². The number of aliphatic hydroxyl groups excluding tert-OH is 1. The van der Waals surface area contributed by atoms with Crippen molar-refractivity contribution in [3.63, 3.8) is 0 Å². The van der Waals surface area contributed by atoms with Gasteiger partial charge in [-0.25, -0.2) is 0 Å². The van der Waals surface area contributed by atoms with Gasteiger partial charge in [-0.05, 0) is 223 Å². The minimum atomic E-state index is -0.147. The first-order valence-corrected chi connectivity index (χ1v) is 63.4. The predicted octanol–water partition coefficient (Wildman–Crippen LogP) is 53.3. The molecule has 0 aliphatic rings. The SMILES string of the molecule is CC(C)C(C)(C)C.CC(C)C(C)(C)C.CC(CCO)CC(C)(C)C.CCC(=O)CC(C)(C)C.CCC(C)(C)C.CCC(C)(C)C.CCC(C)(C)C.CCC(C)(C)C.CCC(C)(C)C.CCC(C)(C)C.CCC(C)CC(C)(C)C.CCCC(C)(C)C.CCCC(C)(C)C.CCCC(C)(C)C.CCCC(C)(C)C.CCCC(CC(C)(C)C)C(N)=O.CCCCC(C)(C)C.CCCCC(C)(C)C.CCCCC(C)(C)C.CN(C)CC(C)(C)C. The van der Waals surface area contributed by atoms with Gasteiger partial charge in [0.05, 0.1) is 0 Å². The van der Waals surface area contributed by atoms with Crippen LogP contribution in [0.4, 0.5) is 0 Å². The van der Waals surface area contributed by atoms with Crippen LogP contribution in [0.5, 0.6) is 0 Å². The number of carbonyl (C=O) groups is 2. The number of carbonyl (C=O) groups excluding carboxylic acids is 2. The molecular formula is C145H328N2O3. The molecule has 5 nitrogen and oxygen atoms in total. The van der Waals surface area contributed by atoms with E-state index in [4.69, 9.17) is 10.8 Å². The van der Waals surface area contributed by atoms with E-state index in [2.05, 4.69) is 580 Å². The van der Waals surface area contributed by atoms with Crippen molar-refractivity contribution in [2.45, 2.75) is 773 Å². The molecule has 0 aromatic rings. The molecule has 0 bridgehead atoms.